The van der Waals surface area contributed by atoms with Crippen molar-refractivity contribution in [3.8, 4) is 10.4 Å². The molecule has 1 fully saturated rings. The zero-order chi connectivity index (χ0) is 19.5. The molecule has 0 bridgehead atoms. The molecule has 1 aliphatic rings. The summed E-state index contributed by atoms with van der Waals surface area (Å²) in [6.07, 6.45) is 3.95. The maximum absolute atomic E-state index is 4.57. The van der Waals surface area contributed by atoms with Crippen LogP contribution in [0.3, 0.4) is 0 Å². The van der Waals surface area contributed by atoms with Crippen LogP contribution < -0.4 is 5.32 Å². The second-order valence-electron chi connectivity index (χ2n) is 7.59. The average molecular weight is 401 g/mol. The number of fused-ring (bicyclic) bond motifs is 1. The summed E-state index contributed by atoms with van der Waals surface area (Å²) >= 11 is 1.77. The van der Waals surface area contributed by atoms with Gasteiger partial charge < -0.3 is 5.32 Å². The van der Waals surface area contributed by atoms with Crippen molar-refractivity contribution < 1.29 is 0 Å². The maximum atomic E-state index is 4.57. The Morgan fingerprint density at radius 2 is 1.66 bits per heavy atom. The quantitative estimate of drug-likeness (QED) is 0.485. The molecule has 1 saturated heterocycles. The van der Waals surface area contributed by atoms with Gasteiger partial charge in [-0.2, -0.15) is 0 Å². The minimum Gasteiger partial charge on any atom is -0.366 e. The fourth-order valence-electron chi connectivity index (χ4n) is 3.97. The molecule has 0 saturated carbocycles. The smallest absolute Gasteiger partial charge is 0.147 e. The van der Waals surface area contributed by atoms with Gasteiger partial charge in [0.25, 0.3) is 0 Å². The van der Waals surface area contributed by atoms with E-state index in [1.54, 1.807) is 17.7 Å². The van der Waals surface area contributed by atoms with Crippen LogP contribution in [0.5, 0.6) is 0 Å². The molecule has 0 aliphatic carbocycles. The van der Waals surface area contributed by atoms with E-state index in [1.165, 1.54) is 16.0 Å². The van der Waals surface area contributed by atoms with E-state index < -0.39 is 0 Å². The van der Waals surface area contributed by atoms with Crippen LogP contribution in [0, 0.1) is 0 Å². The van der Waals surface area contributed by atoms with Crippen molar-refractivity contribution in [2.45, 2.75) is 25.4 Å². The van der Waals surface area contributed by atoms with Crippen LogP contribution in [0.15, 0.2) is 73.1 Å². The molecule has 146 valence electrons. The number of piperidine rings is 1. The Labute approximate surface area is 175 Å². The number of benzene rings is 2. The van der Waals surface area contributed by atoms with Crippen LogP contribution >= 0.6 is 11.3 Å². The Bertz CT molecular complexity index is 1070. The molecular formula is C24H24N4S. The molecule has 2 aromatic carbocycles. The normalized spacial score (nSPS) is 15.6. The van der Waals surface area contributed by atoms with E-state index in [0.29, 0.717) is 6.04 Å². The third-order valence-electron chi connectivity index (χ3n) is 5.55. The molecule has 0 spiro atoms. The monoisotopic (exact) mass is 400 g/mol. The van der Waals surface area contributed by atoms with Gasteiger partial charge in [-0.15, -0.1) is 11.3 Å². The lowest BCUT2D eigenvalue weighted by Gasteiger charge is -2.32. The first kappa shape index (κ1) is 18.3. The molecule has 2 aromatic heterocycles. The van der Waals surface area contributed by atoms with E-state index >= 15 is 0 Å². The first-order valence-corrected chi connectivity index (χ1v) is 11.0. The van der Waals surface area contributed by atoms with Gasteiger partial charge in [-0.25, -0.2) is 9.97 Å². The predicted molar refractivity (Wildman–Crippen MR) is 121 cm³/mol. The molecule has 0 unspecified atom stereocenters. The van der Waals surface area contributed by atoms with Crippen molar-refractivity contribution in [1.82, 2.24) is 14.9 Å². The Morgan fingerprint density at radius 3 is 2.41 bits per heavy atom. The minimum atomic E-state index is 0.461. The first-order chi connectivity index (χ1) is 14.3. The van der Waals surface area contributed by atoms with E-state index in [2.05, 4.69) is 80.8 Å². The van der Waals surface area contributed by atoms with Crippen LogP contribution in [0.25, 0.3) is 20.7 Å². The molecule has 5 heteroatoms. The van der Waals surface area contributed by atoms with Crippen LogP contribution in [0.4, 0.5) is 5.82 Å². The molecule has 1 N–H and O–H groups in total. The Kier molecular flexibility index (Phi) is 5.24. The van der Waals surface area contributed by atoms with Gasteiger partial charge in [0.1, 0.15) is 12.1 Å². The van der Waals surface area contributed by atoms with E-state index in [4.69, 9.17) is 0 Å². The van der Waals surface area contributed by atoms with Gasteiger partial charge in [-0.05, 0) is 30.0 Å². The fraction of sp³-hybridized carbons (Fsp3) is 0.250. The Hall–Kier alpha value is -2.76. The summed E-state index contributed by atoms with van der Waals surface area (Å²) < 4.78 is 1.15. The zero-order valence-electron chi connectivity index (χ0n) is 16.3. The Morgan fingerprint density at radius 1 is 0.931 bits per heavy atom. The van der Waals surface area contributed by atoms with Gasteiger partial charge in [-0.1, -0.05) is 60.7 Å². The van der Waals surface area contributed by atoms with Crippen LogP contribution in [-0.4, -0.2) is 34.0 Å². The zero-order valence-corrected chi connectivity index (χ0v) is 17.1. The SMILES string of the molecule is c1ccc(CN2CCC(Nc3ncnc4cc(-c5ccccc5)sc34)CC2)cc1. The van der Waals surface area contributed by atoms with Crippen molar-refractivity contribution in [3.05, 3.63) is 78.6 Å². The standard InChI is InChI=1S/C24H24N4S/c1-3-7-18(8-4-1)16-28-13-11-20(12-14-28)27-24-23-21(25-17-26-24)15-22(29-23)19-9-5-2-6-10-19/h1-10,15,17,20H,11-14,16H2,(H,25,26,27). The van der Waals surface area contributed by atoms with Crippen molar-refractivity contribution in [2.24, 2.45) is 0 Å². The molecule has 4 aromatic rings. The number of anilines is 1. The number of rotatable bonds is 5. The number of nitrogens with one attached hydrogen (secondary N) is 1. The Balaban J connectivity index is 1.27. The number of hydrogen-bond acceptors (Lipinski definition) is 5. The van der Waals surface area contributed by atoms with Gasteiger partial charge in [0.15, 0.2) is 0 Å². The summed E-state index contributed by atoms with van der Waals surface area (Å²) in [6, 6.07) is 23.9. The summed E-state index contributed by atoms with van der Waals surface area (Å²) in [5.74, 6) is 0.976. The summed E-state index contributed by atoms with van der Waals surface area (Å²) in [5.41, 5.74) is 3.65. The van der Waals surface area contributed by atoms with Gasteiger partial charge in [0, 0.05) is 30.6 Å². The van der Waals surface area contributed by atoms with Crippen molar-refractivity contribution in [2.75, 3.05) is 18.4 Å². The largest absolute Gasteiger partial charge is 0.366 e. The van der Waals surface area contributed by atoms with Gasteiger partial charge in [0.05, 0.1) is 10.2 Å². The van der Waals surface area contributed by atoms with Crippen molar-refractivity contribution in [1.29, 1.82) is 0 Å². The van der Waals surface area contributed by atoms with Gasteiger partial charge >= 0.3 is 0 Å². The van der Waals surface area contributed by atoms with Crippen molar-refractivity contribution in [3.63, 3.8) is 0 Å². The first-order valence-electron chi connectivity index (χ1n) is 10.2. The molecule has 1 aliphatic heterocycles. The molecule has 4 nitrogen and oxygen atoms in total. The van der Waals surface area contributed by atoms with Crippen LogP contribution in [0.1, 0.15) is 18.4 Å². The molecular weight excluding hydrogens is 376 g/mol. The fourth-order valence-corrected chi connectivity index (χ4v) is 5.04. The third kappa shape index (κ3) is 4.16. The number of thiophene rings is 1. The minimum absolute atomic E-state index is 0.461. The third-order valence-corrected chi connectivity index (χ3v) is 6.73. The molecule has 0 amide bonds. The maximum Gasteiger partial charge on any atom is 0.147 e. The highest BCUT2D eigenvalue weighted by Gasteiger charge is 2.21. The molecule has 0 atom stereocenters. The predicted octanol–water partition coefficient (Wildman–Crippen LogP) is 5.43. The van der Waals surface area contributed by atoms with Crippen LogP contribution in [-0.2, 0) is 6.54 Å². The van der Waals surface area contributed by atoms with E-state index in [1.807, 2.05) is 6.07 Å². The lowest BCUT2D eigenvalue weighted by atomic mass is 10.0. The van der Waals surface area contributed by atoms with E-state index in [9.17, 15) is 0 Å². The lowest BCUT2D eigenvalue weighted by Crippen LogP contribution is -2.38. The van der Waals surface area contributed by atoms with Gasteiger partial charge in [-0.3, -0.25) is 4.90 Å². The average Bonchev–Trinajstić information content (AvgIpc) is 3.22. The topological polar surface area (TPSA) is 41.0 Å². The highest BCUT2D eigenvalue weighted by atomic mass is 32.1. The second kappa shape index (κ2) is 8.31. The molecule has 3 heterocycles. The highest BCUT2D eigenvalue weighted by Crippen LogP contribution is 2.36. The highest BCUT2D eigenvalue weighted by molar-refractivity contribution is 7.22. The number of hydrogen-bond donors (Lipinski definition) is 1. The lowest BCUT2D eigenvalue weighted by molar-refractivity contribution is 0.211. The van der Waals surface area contributed by atoms with Crippen LogP contribution in [0.2, 0.25) is 0 Å². The molecule has 0 radical (unpaired) electrons. The number of aromatic nitrogens is 2. The van der Waals surface area contributed by atoms with E-state index in [0.717, 1.165) is 48.5 Å². The molecule has 29 heavy (non-hydrogen) atoms. The summed E-state index contributed by atoms with van der Waals surface area (Å²) in [7, 11) is 0. The second-order valence-corrected chi connectivity index (χ2v) is 8.65. The van der Waals surface area contributed by atoms with Gasteiger partial charge in [0.2, 0.25) is 0 Å². The summed E-state index contributed by atoms with van der Waals surface area (Å²) in [5, 5.41) is 3.71. The van der Waals surface area contributed by atoms with Crippen molar-refractivity contribution >= 4 is 27.4 Å². The number of likely N-dealkylation sites (tertiary alicyclic amines) is 1. The number of nitrogens with zero attached hydrogens (tertiary/aromatic N) is 3. The summed E-state index contributed by atoms with van der Waals surface area (Å²) in [4.78, 5) is 12.8. The molecule has 5 rings (SSSR count). The van der Waals surface area contributed by atoms with E-state index in [-0.39, 0.29) is 0 Å². The summed E-state index contributed by atoms with van der Waals surface area (Å²) in [6.45, 7) is 3.26.